The Hall–Kier alpha value is -2.82. The smallest absolute Gasteiger partial charge is 0.416 e. The summed E-state index contributed by atoms with van der Waals surface area (Å²) in [4.78, 5) is 10.1. The van der Waals surface area contributed by atoms with Gasteiger partial charge in [-0.3, -0.25) is 15.5 Å². The van der Waals surface area contributed by atoms with Crippen LogP contribution in [-0.4, -0.2) is 22.9 Å². The summed E-state index contributed by atoms with van der Waals surface area (Å²) in [7, 11) is 0. The molecule has 0 saturated heterocycles. The zero-order valence-electron chi connectivity index (χ0n) is 13.7. The second kappa shape index (κ2) is 8.25. The number of hydrogen-bond donors (Lipinski definition) is 2. The predicted octanol–water partition coefficient (Wildman–Crippen LogP) is 4.93. The molecule has 0 radical (unpaired) electrons. The van der Waals surface area contributed by atoms with Gasteiger partial charge in [0.1, 0.15) is 5.69 Å². The topological polar surface area (TPSA) is 97.0 Å². The van der Waals surface area contributed by atoms with E-state index >= 15 is 0 Å². The van der Waals surface area contributed by atoms with Crippen LogP contribution >= 0.6 is 15.9 Å². The van der Waals surface area contributed by atoms with Gasteiger partial charge in [-0.15, -0.1) is 0 Å². The maximum absolute atomic E-state index is 12.7. The van der Waals surface area contributed by atoms with Crippen molar-refractivity contribution in [3.63, 3.8) is 0 Å². The minimum Gasteiger partial charge on any atom is -0.503 e. The van der Waals surface area contributed by atoms with Gasteiger partial charge in [0.2, 0.25) is 0 Å². The number of alkyl halides is 3. The van der Waals surface area contributed by atoms with Crippen LogP contribution in [0.3, 0.4) is 0 Å². The van der Waals surface area contributed by atoms with Crippen LogP contribution in [0, 0.1) is 10.1 Å². The summed E-state index contributed by atoms with van der Waals surface area (Å²) in [6, 6.07) is 5.08. The largest absolute Gasteiger partial charge is 0.503 e. The third kappa shape index (κ3) is 5.09. The number of hydrazone groups is 1. The lowest BCUT2D eigenvalue weighted by atomic mass is 10.1. The van der Waals surface area contributed by atoms with Gasteiger partial charge in [-0.2, -0.15) is 18.3 Å². The summed E-state index contributed by atoms with van der Waals surface area (Å²) in [5.74, 6) is 0.106. The first-order chi connectivity index (χ1) is 12.6. The monoisotopic (exact) mass is 447 g/mol. The molecule has 2 rings (SSSR count). The fourth-order valence-corrected chi connectivity index (χ4v) is 2.52. The second-order valence-corrected chi connectivity index (χ2v) is 5.99. The van der Waals surface area contributed by atoms with E-state index in [0.717, 1.165) is 12.1 Å². The maximum Gasteiger partial charge on any atom is 0.416 e. The summed E-state index contributed by atoms with van der Waals surface area (Å²) in [5.41, 5.74) is 0.732. The third-order valence-corrected chi connectivity index (χ3v) is 3.88. The molecule has 0 aliphatic carbocycles. The average molecular weight is 448 g/mol. The highest BCUT2D eigenvalue weighted by atomic mass is 79.9. The number of anilines is 1. The van der Waals surface area contributed by atoms with Crippen LogP contribution < -0.4 is 10.2 Å². The highest BCUT2D eigenvalue weighted by Crippen LogP contribution is 2.36. The van der Waals surface area contributed by atoms with Crippen molar-refractivity contribution in [2.75, 3.05) is 12.0 Å². The van der Waals surface area contributed by atoms with Crippen molar-refractivity contribution < 1.29 is 27.9 Å². The molecule has 0 spiro atoms. The molecule has 144 valence electrons. The SMILES string of the molecule is CCOc1cc(C=NNc2ccc(C(F)(F)F)cc2[N+](=O)[O-])cc(Br)c1O. The number of phenolic OH excluding ortho intramolecular Hbond substituents is 1. The van der Waals surface area contributed by atoms with Crippen LogP contribution in [0.1, 0.15) is 18.1 Å². The van der Waals surface area contributed by atoms with E-state index in [-0.39, 0.29) is 17.2 Å². The fraction of sp³-hybridized carbons (Fsp3) is 0.188. The van der Waals surface area contributed by atoms with E-state index in [1.165, 1.54) is 18.3 Å². The van der Waals surface area contributed by atoms with Crippen LogP contribution in [0.2, 0.25) is 0 Å². The molecule has 0 amide bonds. The third-order valence-electron chi connectivity index (χ3n) is 3.27. The molecule has 0 unspecified atom stereocenters. The normalized spacial score (nSPS) is 11.6. The van der Waals surface area contributed by atoms with Gasteiger partial charge in [-0.1, -0.05) is 0 Å². The standard InChI is InChI=1S/C16H13BrF3N3O4/c1-2-27-14-6-9(5-11(17)15(14)24)8-21-22-12-4-3-10(16(18,19)20)7-13(12)23(25)26/h3-8,22,24H,2H2,1H3. The van der Waals surface area contributed by atoms with Gasteiger partial charge in [0, 0.05) is 6.07 Å². The molecule has 0 saturated carbocycles. The number of aromatic hydroxyl groups is 1. The Morgan fingerprint density at radius 2 is 2.07 bits per heavy atom. The summed E-state index contributed by atoms with van der Waals surface area (Å²) in [5, 5.41) is 24.7. The van der Waals surface area contributed by atoms with Gasteiger partial charge in [0.05, 0.1) is 27.8 Å². The minimum absolute atomic E-state index is 0.0969. The van der Waals surface area contributed by atoms with E-state index in [9.17, 15) is 28.4 Å². The van der Waals surface area contributed by atoms with Crippen LogP contribution in [0.5, 0.6) is 11.5 Å². The van der Waals surface area contributed by atoms with E-state index in [4.69, 9.17) is 4.74 Å². The predicted molar refractivity (Wildman–Crippen MR) is 96.3 cm³/mol. The Morgan fingerprint density at radius 3 is 2.67 bits per heavy atom. The van der Waals surface area contributed by atoms with Crippen molar-refractivity contribution in [1.29, 1.82) is 0 Å². The summed E-state index contributed by atoms with van der Waals surface area (Å²) >= 11 is 3.15. The number of hydrogen-bond acceptors (Lipinski definition) is 6. The Labute approximate surface area is 159 Å². The Kier molecular flexibility index (Phi) is 6.26. The number of nitro groups is 1. The molecule has 0 aromatic heterocycles. The zero-order valence-corrected chi connectivity index (χ0v) is 15.3. The van der Waals surface area contributed by atoms with Crippen LogP contribution in [0.4, 0.5) is 24.5 Å². The molecule has 2 aromatic rings. The fourth-order valence-electron chi connectivity index (χ4n) is 2.06. The second-order valence-electron chi connectivity index (χ2n) is 5.14. The molecule has 0 aliphatic heterocycles. The molecule has 0 aliphatic rings. The molecular formula is C16H13BrF3N3O4. The summed E-state index contributed by atoms with van der Waals surface area (Å²) in [6.07, 6.45) is -3.42. The van der Waals surface area contributed by atoms with Gasteiger partial charge in [-0.25, -0.2) is 0 Å². The molecular weight excluding hydrogens is 435 g/mol. The van der Waals surface area contributed by atoms with Crippen molar-refractivity contribution in [1.82, 2.24) is 0 Å². The van der Waals surface area contributed by atoms with Crippen LogP contribution in [0.15, 0.2) is 39.9 Å². The van der Waals surface area contributed by atoms with Gasteiger partial charge < -0.3 is 9.84 Å². The number of halogens is 4. The van der Waals surface area contributed by atoms with E-state index in [1.54, 1.807) is 6.92 Å². The van der Waals surface area contributed by atoms with E-state index in [2.05, 4.69) is 26.5 Å². The molecule has 11 heteroatoms. The molecule has 2 N–H and O–H groups in total. The quantitative estimate of drug-likeness (QED) is 0.371. The minimum atomic E-state index is -4.69. The number of benzene rings is 2. The summed E-state index contributed by atoms with van der Waals surface area (Å²) in [6.45, 7) is 2.05. The van der Waals surface area contributed by atoms with Crippen LogP contribution in [-0.2, 0) is 6.18 Å². The molecule has 0 bridgehead atoms. The Morgan fingerprint density at radius 1 is 1.37 bits per heavy atom. The number of phenols is 1. The molecule has 27 heavy (non-hydrogen) atoms. The first kappa shape index (κ1) is 20.5. The first-order valence-corrected chi connectivity index (χ1v) is 8.22. The van der Waals surface area contributed by atoms with Gasteiger partial charge in [0.15, 0.2) is 11.5 Å². The molecule has 0 heterocycles. The highest BCUT2D eigenvalue weighted by Gasteiger charge is 2.33. The number of nitrogens with one attached hydrogen (secondary N) is 1. The number of rotatable bonds is 6. The lowest BCUT2D eigenvalue weighted by molar-refractivity contribution is -0.384. The lowest BCUT2D eigenvalue weighted by Gasteiger charge is -2.09. The van der Waals surface area contributed by atoms with Crippen molar-refractivity contribution in [3.05, 3.63) is 56.0 Å². The molecule has 7 nitrogen and oxygen atoms in total. The van der Waals surface area contributed by atoms with Crippen molar-refractivity contribution >= 4 is 33.5 Å². The zero-order chi connectivity index (χ0) is 20.2. The molecule has 0 fully saturated rings. The van der Waals surface area contributed by atoms with Crippen molar-refractivity contribution in [2.45, 2.75) is 13.1 Å². The van der Waals surface area contributed by atoms with E-state index < -0.39 is 22.4 Å². The number of ether oxygens (including phenoxy) is 1. The maximum atomic E-state index is 12.7. The van der Waals surface area contributed by atoms with Gasteiger partial charge in [0.25, 0.3) is 5.69 Å². The number of nitro benzene ring substituents is 1. The summed E-state index contributed by atoms with van der Waals surface area (Å²) < 4.78 is 43.7. The average Bonchev–Trinajstić information content (AvgIpc) is 2.58. The Balaban J connectivity index is 2.27. The molecule has 2 aromatic carbocycles. The first-order valence-electron chi connectivity index (χ1n) is 7.43. The number of nitrogens with zero attached hydrogens (tertiary/aromatic N) is 2. The van der Waals surface area contributed by atoms with E-state index in [1.807, 2.05) is 0 Å². The van der Waals surface area contributed by atoms with E-state index in [0.29, 0.717) is 22.7 Å². The van der Waals surface area contributed by atoms with Crippen molar-refractivity contribution in [3.8, 4) is 11.5 Å². The van der Waals surface area contributed by atoms with Crippen LogP contribution in [0.25, 0.3) is 0 Å². The highest BCUT2D eigenvalue weighted by molar-refractivity contribution is 9.10. The lowest BCUT2D eigenvalue weighted by Crippen LogP contribution is -2.06. The molecule has 0 atom stereocenters. The van der Waals surface area contributed by atoms with Gasteiger partial charge >= 0.3 is 6.18 Å². The van der Waals surface area contributed by atoms with Crippen molar-refractivity contribution in [2.24, 2.45) is 5.10 Å². The van der Waals surface area contributed by atoms with Gasteiger partial charge in [-0.05, 0) is 52.7 Å². The Bertz CT molecular complexity index is 888.